The number of hydrogen-bond donors (Lipinski definition) is 2. The summed E-state index contributed by atoms with van der Waals surface area (Å²) in [5, 5.41) is 0. The Labute approximate surface area is 45.7 Å². The maximum absolute atomic E-state index is 9.94. The summed E-state index contributed by atoms with van der Waals surface area (Å²) in [6.45, 7) is 0. The number of nitrogens with two attached hydrogens (primary N) is 1. The molecule has 3 N–H and O–H groups in total. The highest BCUT2D eigenvalue weighted by Gasteiger charge is 1.94. The van der Waals surface area contributed by atoms with Gasteiger partial charge >= 0.3 is 0 Å². The van der Waals surface area contributed by atoms with Crippen molar-refractivity contribution in [3.05, 3.63) is 12.0 Å². The Kier molecular flexibility index (Phi) is 0.997. The molecule has 0 bridgehead atoms. The molecule has 8 heavy (non-hydrogen) atoms. The molecule has 0 aromatic carbocycles. The molecule has 0 aliphatic carbocycles. The van der Waals surface area contributed by atoms with Crippen LogP contribution < -0.4 is 5.73 Å². The number of aromatic amines is 1. The molecule has 1 rings (SSSR count). The minimum Gasteiger partial charge on any atom is -0.382 e. The lowest BCUT2D eigenvalue weighted by molar-refractivity contribution is 0.112. The zero-order valence-electron chi connectivity index (χ0n) is 4.09. The van der Waals surface area contributed by atoms with E-state index in [0.29, 0.717) is 12.0 Å². The predicted octanol–water partition coefficient (Wildman–Crippen LogP) is -0.196. The first kappa shape index (κ1) is 4.83. The average molecular weight is 111 g/mol. The number of anilines is 1. The fraction of sp³-hybridized carbons (Fsp3) is 0. The minimum absolute atomic E-state index is 0.250. The smallest absolute Gasteiger partial charge is 0.170 e. The van der Waals surface area contributed by atoms with Gasteiger partial charge in [-0.1, -0.05) is 0 Å². The van der Waals surface area contributed by atoms with Gasteiger partial charge in [-0.25, -0.2) is 4.98 Å². The lowest BCUT2D eigenvalue weighted by Gasteiger charge is -1.79. The third kappa shape index (κ3) is 0.556. The highest BCUT2D eigenvalue weighted by atomic mass is 16.1. The van der Waals surface area contributed by atoms with Crippen molar-refractivity contribution in [3.63, 3.8) is 0 Å². The van der Waals surface area contributed by atoms with E-state index in [1.165, 1.54) is 6.33 Å². The zero-order chi connectivity index (χ0) is 5.98. The maximum Gasteiger partial charge on any atom is 0.170 e. The van der Waals surface area contributed by atoms with Crippen molar-refractivity contribution in [1.29, 1.82) is 0 Å². The third-order valence-electron chi connectivity index (χ3n) is 0.817. The van der Waals surface area contributed by atoms with Gasteiger partial charge < -0.3 is 10.7 Å². The molecule has 0 fully saturated rings. The lowest BCUT2D eigenvalue weighted by atomic mass is 10.5. The van der Waals surface area contributed by atoms with Crippen LogP contribution in [0.4, 0.5) is 5.82 Å². The van der Waals surface area contributed by atoms with Crippen LogP contribution in [0.1, 0.15) is 10.5 Å². The number of rotatable bonds is 1. The Morgan fingerprint density at radius 3 is 2.88 bits per heavy atom. The summed E-state index contributed by atoms with van der Waals surface area (Å²) < 4.78 is 0. The van der Waals surface area contributed by atoms with E-state index in [0.717, 1.165) is 0 Å². The molecule has 0 saturated carbocycles. The summed E-state index contributed by atoms with van der Waals surface area (Å²) in [4.78, 5) is 16.1. The number of hydrogen-bond acceptors (Lipinski definition) is 3. The molecule has 42 valence electrons. The topological polar surface area (TPSA) is 71.8 Å². The molecule has 4 heteroatoms. The first-order chi connectivity index (χ1) is 3.84. The van der Waals surface area contributed by atoms with Crippen LogP contribution in [0.2, 0.25) is 0 Å². The largest absolute Gasteiger partial charge is 0.382 e. The minimum atomic E-state index is 0.250. The van der Waals surface area contributed by atoms with Gasteiger partial charge in [0.2, 0.25) is 0 Å². The fourth-order valence-electron chi connectivity index (χ4n) is 0.409. The molecule has 1 aromatic rings. The predicted molar refractivity (Wildman–Crippen MR) is 28.4 cm³/mol. The second-order valence-electron chi connectivity index (χ2n) is 1.32. The van der Waals surface area contributed by atoms with Crippen molar-refractivity contribution in [2.75, 3.05) is 5.73 Å². The molecule has 0 spiro atoms. The van der Waals surface area contributed by atoms with Gasteiger partial charge in [0.25, 0.3) is 0 Å². The molecule has 1 heterocycles. The lowest BCUT2D eigenvalue weighted by Crippen LogP contribution is -1.89. The van der Waals surface area contributed by atoms with Crippen molar-refractivity contribution in [1.82, 2.24) is 9.97 Å². The Hall–Kier alpha value is -1.32. The van der Waals surface area contributed by atoms with Crippen LogP contribution in [0.15, 0.2) is 6.33 Å². The molecule has 0 aliphatic heterocycles. The van der Waals surface area contributed by atoms with Gasteiger partial charge in [0, 0.05) is 0 Å². The Morgan fingerprint density at radius 1 is 1.88 bits per heavy atom. The third-order valence-corrected chi connectivity index (χ3v) is 0.817. The van der Waals surface area contributed by atoms with E-state index >= 15 is 0 Å². The molecule has 0 unspecified atom stereocenters. The first-order valence-electron chi connectivity index (χ1n) is 2.08. The van der Waals surface area contributed by atoms with Crippen LogP contribution >= 0.6 is 0 Å². The number of H-pyrrole nitrogens is 1. The number of imidazole rings is 1. The van der Waals surface area contributed by atoms with Crippen LogP contribution in [0.5, 0.6) is 0 Å². The molecule has 0 saturated heterocycles. The molecular formula is C4H5N3O. The molecule has 0 radical (unpaired) electrons. The quantitative estimate of drug-likeness (QED) is 0.493. The van der Waals surface area contributed by atoms with E-state index in [1.54, 1.807) is 0 Å². The zero-order valence-corrected chi connectivity index (χ0v) is 4.09. The normalized spacial score (nSPS) is 9.00. The van der Waals surface area contributed by atoms with E-state index in [1.807, 2.05) is 0 Å². The van der Waals surface area contributed by atoms with Gasteiger partial charge in [-0.15, -0.1) is 0 Å². The van der Waals surface area contributed by atoms with E-state index in [4.69, 9.17) is 5.73 Å². The SMILES string of the molecule is Nc1nc[nH]c1C=O. The van der Waals surface area contributed by atoms with Crippen molar-refractivity contribution >= 4 is 12.1 Å². The van der Waals surface area contributed by atoms with Gasteiger partial charge in [0.1, 0.15) is 5.69 Å². The van der Waals surface area contributed by atoms with Crippen LogP contribution in [-0.2, 0) is 0 Å². The highest BCUT2D eigenvalue weighted by molar-refractivity contribution is 5.78. The van der Waals surface area contributed by atoms with Gasteiger partial charge in [0.15, 0.2) is 12.1 Å². The second-order valence-corrected chi connectivity index (χ2v) is 1.32. The number of carbonyl (C=O) groups is 1. The van der Waals surface area contributed by atoms with Crippen molar-refractivity contribution in [2.24, 2.45) is 0 Å². The summed E-state index contributed by atoms with van der Waals surface area (Å²) in [5.41, 5.74) is 5.52. The van der Waals surface area contributed by atoms with Crippen LogP contribution in [-0.4, -0.2) is 16.3 Å². The van der Waals surface area contributed by atoms with Crippen molar-refractivity contribution in [3.8, 4) is 0 Å². The van der Waals surface area contributed by atoms with E-state index in [9.17, 15) is 4.79 Å². The number of aldehydes is 1. The van der Waals surface area contributed by atoms with E-state index in [2.05, 4.69) is 9.97 Å². The summed E-state index contributed by atoms with van der Waals surface area (Å²) >= 11 is 0. The number of nitrogens with one attached hydrogen (secondary N) is 1. The summed E-state index contributed by atoms with van der Waals surface area (Å²) in [7, 11) is 0. The Balaban J connectivity index is 3.09. The average Bonchev–Trinajstić information content (AvgIpc) is 2.14. The van der Waals surface area contributed by atoms with Crippen LogP contribution in [0.25, 0.3) is 0 Å². The standard InChI is InChI=1S/C4H5N3O/c5-4-3(1-8)6-2-7-4/h1-2H,5H2,(H,6,7). The molecule has 0 aliphatic rings. The summed E-state index contributed by atoms with van der Waals surface area (Å²) in [6, 6.07) is 0. The van der Waals surface area contributed by atoms with Gasteiger partial charge in [-0.3, -0.25) is 4.79 Å². The first-order valence-corrected chi connectivity index (χ1v) is 2.08. The maximum atomic E-state index is 9.94. The Morgan fingerprint density at radius 2 is 2.62 bits per heavy atom. The number of aromatic nitrogens is 2. The van der Waals surface area contributed by atoms with Gasteiger partial charge in [0.05, 0.1) is 6.33 Å². The van der Waals surface area contributed by atoms with Crippen LogP contribution in [0.3, 0.4) is 0 Å². The number of carbonyl (C=O) groups excluding carboxylic acids is 1. The van der Waals surface area contributed by atoms with E-state index < -0.39 is 0 Å². The molecule has 0 atom stereocenters. The summed E-state index contributed by atoms with van der Waals surface area (Å²) in [6.07, 6.45) is 2.00. The Bertz CT molecular complexity index is 193. The van der Waals surface area contributed by atoms with Crippen molar-refractivity contribution in [2.45, 2.75) is 0 Å². The van der Waals surface area contributed by atoms with Crippen molar-refractivity contribution < 1.29 is 4.79 Å². The van der Waals surface area contributed by atoms with Gasteiger partial charge in [-0.05, 0) is 0 Å². The van der Waals surface area contributed by atoms with E-state index in [-0.39, 0.29) is 5.82 Å². The van der Waals surface area contributed by atoms with Gasteiger partial charge in [-0.2, -0.15) is 0 Å². The second kappa shape index (κ2) is 1.65. The van der Waals surface area contributed by atoms with Crippen LogP contribution in [0, 0.1) is 0 Å². The molecule has 1 aromatic heterocycles. The fourth-order valence-corrected chi connectivity index (χ4v) is 0.409. The number of nitrogens with zero attached hydrogens (tertiary/aromatic N) is 1. The molecular weight excluding hydrogens is 106 g/mol. The monoisotopic (exact) mass is 111 g/mol. The molecule has 4 nitrogen and oxygen atoms in total. The highest BCUT2D eigenvalue weighted by Crippen LogP contribution is 1.97. The number of nitrogen functional groups attached to an aromatic ring is 1. The summed E-state index contributed by atoms with van der Waals surface area (Å²) in [5.74, 6) is 0.250. The molecule has 0 amide bonds.